The Morgan fingerprint density at radius 2 is 2.06 bits per heavy atom. The van der Waals surface area contributed by atoms with Crippen molar-refractivity contribution in [3.05, 3.63) is 53.2 Å². The van der Waals surface area contributed by atoms with E-state index in [0.717, 1.165) is 9.92 Å². The number of halogens is 1. The van der Waals surface area contributed by atoms with E-state index >= 15 is 0 Å². The van der Waals surface area contributed by atoms with Gasteiger partial charge in [0.1, 0.15) is 10.9 Å². The average molecular weight is 264 g/mol. The Labute approximate surface area is 109 Å². The first-order valence-corrected chi connectivity index (χ1v) is 6.09. The predicted molar refractivity (Wildman–Crippen MR) is 70.8 cm³/mol. The van der Waals surface area contributed by atoms with Gasteiger partial charge in [-0.15, -0.1) is 0 Å². The lowest BCUT2D eigenvalue weighted by atomic mass is 10.2. The van der Waals surface area contributed by atoms with Crippen molar-refractivity contribution in [2.75, 3.05) is 0 Å². The van der Waals surface area contributed by atoms with Crippen molar-refractivity contribution in [2.45, 2.75) is 9.92 Å². The summed E-state index contributed by atoms with van der Waals surface area (Å²) in [6, 6.07) is 11.0. The zero-order valence-corrected chi connectivity index (χ0v) is 10.4. The minimum absolute atomic E-state index is 0.0356. The summed E-state index contributed by atoms with van der Waals surface area (Å²) in [5.74, 6) is 0.0356. The minimum atomic E-state index is 0.0356. The van der Waals surface area contributed by atoms with Crippen LogP contribution in [0.15, 0.2) is 52.5 Å². The molecule has 0 fully saturated rings. The number of amidine groups is 1. The highest BCUT2D eigenvalue weighted by Gasteiger charge is 2.04. The first-order valence-electron chi connectivity index (χ1n) is 4.89. The van der Waals surface area contributed by atoms with Crippen LogP contribution in [0.2, 0.25) is 5.02 Å². The first kappa shape index (κ1) is 12.0. The van der Waals surface area contributed by atoms with E-state index in [1.54, 1.807) is 18.3 Å². The second-order valence-electron chi connectivity index (χ2n) is 3.33. The normalized spacial score (nSPS) is 10.2. The second kappa shape index (κ2) is 5.21. The molecule has 17 heavy (non-hydrogen) atoms. The molecule has 0 saturated heterocycles. The average Bonchev–Trinajstić information content (AvgIpc) is 2.32. The van der Waals surface area contributed by atoms with Crippen molar-refractivity contribution in [1.29, 1.82) is 5.41 Å². The number of nitrogens with zero attached hydrogens (tertiary/aromatic N) is 1. The van der Waals surface area contributed by atoms with Gasteiger partial charge in [-0.3, -0.25) is 5.41 Å². The molecule has 2 rings (SSSR count). The summed E-state index contributed by atoms with van der Waals surface area (Å²) >= 11 is 7.51. The van der Waals surface area contributed by atoms with E-state index in [0.29, 0.717) is 10.6 Å². The van der Waals surface area contributed by atoms with Crippen molar-refractivity contribution < 1.29 is 0 Å². The Morgan fingerprint density at radius 3 is 2.76 bits per heavy atom. The zero-order valence-electron chi connectivity index (χ0n) is 8.85. The molecule has 5 heteroatoms. The summed E-state index contributed by atoms with van der Waals surface area (Å²) in [6.07, 6.45) is 1.63. The molecule has 0 aliphatic rings. The number of nitrogen functional groups attached to an aromatic ring is 1. The van der Waals surface area contributed by atoms with Gasteiger partial charge >= 0.3 is 0 Å². The van der Waals surface area contributed by atoms with E-state index in [-0.39, 0.29) is 5.84 Å². The highest BCUT2D eigenvalue weighted by Crippen LogP contribution is 2.31. The molecule has 0 bridgehead atoms. The quantitative estimate of drug-likeness (QED) is 0.660. The summed E-state index contributed by atoms with van der Waals surface area (Å²) < 4.78 is 0. The van der Waals surface area contributed by atoms with Gasteiger partial charge in [0, 0.05) is 16.7 Å². The molecule has 0 aliphatic carbocycles. The van der Waals surface area contributed by atoms with E-state index in [4.69, 9.17) is 22.7 Å². The molecule has 0 aliphatic heterocycles. The highest BCUT2D eigenvalue weighted by atomic mass is 35.5. The van der Waals surface area contributed by atoms with Crippen LogP contribution < -0.4 is 5.73 Å². The Morgan fingerprint density at radius 1 is 1.29 bits per heavy atom. The van der Waals surface area contributed by atoms with Gasteiger partial charge in [0.25, 0.3) is 0 Å². The van der Waals surface area contributed by atoms with Gasteiger partial charge in [0.15, 0.2) is 0 Å². The maximum Gasteiger partial charge on any atom is 0.122 e. The van der Waals surface area contributed by atoms with Crippen LogP contribution in [-0.4, -0.2) is 10.8 Å². The number of pyridine rings is 1. The van der Waals surface area contributed by atoms with Crippen molar-refractivity contribution in [2.24, 2.45) is 5.73 Å². The fraction of sp³-hybridized carbons (Fsp3) is 0. The summed E-state index contributed by atoms with van der Waals surface area (Å²) in [4.78, 5) is 5.14. The number of benzene rings is 1. The van der Waals surface area contributed by atoms with Gasteiger partial charge in [-0.05, 0) is 24.3 Å². The molecule has 3 N–H and O–H groups in total. The molecular weight excluding hydrogens is 254 g/mol. The van der Waals surface area contributed by atoms with Crippen LogP contribution >= 0.6 is 23.4 Å². The number of nitrogens with one attached hydrogen (secondary N) is 1. The standard InChI is InChI=1S/C12H10ClN3S/c13-9-3-1-2-4-10(9)17-11-7-8(12(14)15)5-6-16-11/h1-7H,(H3,14,15). The Hall–Kier alpha value is -1.52. The summed E-state index contributed by atoms with van der Waals surface area (Å²) in [5, 5.41) is 8.83. The molecule has 2 aromatic rings. The van der Waals surface area contributed by atoms with Gasteiger partial charge in [-0.25, -0.2) is 4.98 Å². The summed E-state index contributed by atoms with van der Waals surface area (Å²) in [7, 11) is 0. The molecule has 1 heterocycles. The third-order valence-electron chi connectivity index (χ3n) is 2.10. The highest BCUT2D eigenvalue weighted by molar-refractivity contribution is 7.99. The number of nitrogens with two attached hydrogens (primary N) is 1. The van der Waals surface area contributed by atoms with Gasteiger partial charge in [-0.1, -0.05) is 35.5 Å². The lowest BCUT2D eigenvalue weighted by molar-refractivity contribution is 1.12. The fourth-order valence-electron chi connectivity index (χ4n) is 1.27. The molecule has 1 aromatic carbocycles. The van der Waals surface area contributed by atoms with Crippen LogP contribution in [0.1, 0.15) is 5.56 Å². The smallest absolute Gasteiger partial charge is 0.122 e. The van der Waals surface area contributed by atoms with Crippen molar-refractivity contribution in [3.8, 4) is 0 Å². The van der Waals surface area contributed by atoms with Gasteiger partial charge in [0.2, 0.25) is 0 Å². The first-order chi connectivity index (χ1) is 8.16. The van der Waals surface area contributed by atoms with E-state index in [1.165, 1.54) is 11.8 Å². The monoisotopic (exact) mass is 263 g/mol. The van der Waals surface area contributed by atoms with E-state index in [1.807, 2.05) is 24.3 Å². The van der Waals surface area contributed by atoms with Gasteiger partial charge < -0.3 is 5.73 Å². The molecule has 0 amide bonds. The Balaban J connectivity index is 2.28. The van der Waals surface area contributed by atoms with Crippen LogP contribution in [0.3, 0.4) is 0 Å². The van der Waals surface area contributed by atoms with E-state index in [2.05, 4.69) is 4.98 Å². The third kappa shape index (κ3) is 2.99. The zero-order chi connectivity index (χ0) is 12.3. The Kier molecular flexibility index (Phi) is 3.66. The van der Waals surface area contributed by atoms with Crippen molar-refractivity contribution in [3.63, 3.8) is 0 Å². The number of rotatable bonds is 3. The maximum absolute atomic E-state index is 7.37. The molecule has 0 unspecified atom stereocenters. The number of hydrogen-bond donors (Lipinski definition) is 2. The van der Waals surface area contributed by atoms with Crippen LogP contribution in [0.25, 0.3) is 0 Å². The molecule has 0 spiro atoms. The second-order valence-corrected chi connectivity index (χ2v) is 4.80. The van der Waals surface area contributed by atoms with Crippen LogP contribution in [0.4, 0.5) is 0 Å². The fourth-order valence-corrected chi connectivity index (χ4v) is 2.36. The van der Waals surface area contributed by atoms with Gasteiger partial charge in [0.05, 0.1) is 5.02 Å². The van der Waals surface area contributed by atoms with Crippen LogP contribution in [0.5, 0.6) is 0 Å². The number of hydrogen-bond acceptors (Lipinski definition) is 3. The lowest BCUT2D eigenvalue weighted by Gasteiger charge is -2.04. The Bertz CT molecular complexity index is 557. The minimum Gasteiger partial charge on any atom is -0.384 e. The molecule has 3 nitrogen and oxygen atoms in total. The third-order valence-corrected chi connectivity index (χ3v) is 3.55. The molecule has 0 radical (unpaired) electrons. The maximum atomic E-state index is 7.37. The van der Waals surface area contributed by atoms with E-state index < -0.39 is 0 Å². The topological polar surface area (TPSA) is 62.8 Å². The van der Waals surface area contributed by atoms with Crippen LogP contribution in [-0.2, 0) is 0 Å². The van der Waals surface area contributed by atoms with Crippen LogP contribution in [0, 0.1) is 5.41 Å². The molecule has 86 valence electrons. The summed E-state index contributed by atoms with van der Waals surface area (Å²) in [5.41, 5.74) is 6.09. The molecular formula is C12H10ClN3S. The van der Waals surface area contributed by atoms with E-state index in [9.17, 15) is 0 Å². The predicted octanol–water partition coefficient (Wildman–Crippen LogP) is 3.17. The van der Waals surface area contributed by atoms with Crippen molar-refractivity contribution >= 4 is 29.2 Å². The van der Waals surface area contributed by atoms with Crippen molar-refractivity contribution in [1.82, 2.24) is 4.98 Å². The lowest BCUT2D eigenvalue weighted by Crippen LogP contribution is -2.10. The number of aromatic nitrogens is 1. The summed E-state index contributed by atoms with van der Waals surface area (Å²) in [6.45, 7) is 0. The molecule has 0 atom stereocenters. The van der Waals surface area contributed by atoms with Gasteiger partial charge in [-0.2, -0.15) is 0 Å². The largest absolute Gasteiger partial charge is 0.384 e. The SMILES string of the molecule is N=C(N)c1ccnc(Sc2ccccc2Cl)c1. The molecule has 1 aromatic heterocycles. The molecule has 0 saturated carbocycles.